The van der Waals surface area contributed by atoms with Crippen molar-refractivity contribution in [2.75, 3.05) is 26.2 Å². The highest BCUT2D eigenvalue weighted by Gasteiger charge is 2.29. The Morgan fingerprint density at radius 1 is 1.24 bits per heavy atom. The van der Waals surface area contributed by atoms with Gasteiger partial charge in [0.15, 0.2) is 6.61 Å². The Hall–Kier alpha value is -2.75. The average Bonchev–Trinajstić information content (AvgIpc) is 3.16. The quantitative estimate of drug-likeness (QED) is 0.456. The second-order valence-electron chi connectivity index (χ2n) is 10.4. The summed E-state index contributed by atoms with van der Waals surface area (Å²) in [5.74, 6) is 1.86. The van der Waals surface area contributed by atoms with Crippen molar-refractivity contribution >= 4 is 12.1 Å². The molecule has 1 amide bonds. The van der Waals surface area contributed by atoms with Gasteiger partial charge in [0.2, 0.25) is 5.88 Å². The van der Waals surface area contributed by atoms with Crippen molar-refractivity contribution in [2.24, 2.45) is 22.7 Å². The molecule has 0 aromatic carbocycles. The molecule has 3 heterocycles. The van der Waals surface area contributed by atoms with Gasteiger partial charge in [-0.2, -0.15) is 13.2 Å². The van der Waals surface area contributed by atoms with E-state index >= 15 is 0 Å². The first-order valence-electron chi connectivity index (χ1n) is 13.0. The van der Waals surface area contributed by atoms with Crippen LogP contribution in [0.1, 0.15) is 55.3 Å². The molecular weight excluding hydrogens is 485 g/mol. The van der Waals surface area contributed by atoms with Crippen LogP contribution in [-0.2, 0) is 24.1 Å². The lowest BCUT2D eigenvalue weighted by Crippen LogP contribution is -2.34. The molecule has 10 heteroatoms. The number of aliphatic imine (C=N–C) groups is 1. The van der Waals surface area contributed by atoms with Gasteiger partial charge in [0.25, 0.3) is 5.91 Å². The number of carbonyl (C=O) groups excluding carboxylic acids is 1. The Bertz CT molecular complexity index is 1080. The first-order valence-corrected chi connectivity index (χ1v) is 13.0. The second-order valence-corrected chi connectivity index (χ2v) is 10.4. The number of nitrogens with zero attached hydrogens (tertiary/aromatic N) is 4. The van der Waals surface area contributed by atoms with Gasteiger partial charge in [-0.3, -0.25) is 4.79 Å². The lowest BCUT2D eigenvalue weighted by molar-refractivity contribution is -0.154. The van der Waals surface area contributed by atoms with Gasteiger partial charge in [0, 0.05) is 50.1 Å². The van der Waals surface area contributed by atoms with Crippen LogP contribution in [0.3, 0.4) is 0 Å². The van der Waals surface area contributed by atoms with Crippen LogP contribution in [0.4, 0.5) is 13.2 Å². The first kappa shape index (κ1) is 27.3. The fraction of sp³-hybridized carbons (Fsp3) is 0.630. The van der Waals surface area contributed by atoms with Crippen LogP contribution in [0.2, 0.25) is 0 Å². The maximum absolute atomic E-state index is 12.5. The van der Waals surface area contributed by atoms with E-state index in [1.807, 2.05) is 19.2 Å². The third-order valence-corrected chi connectivity index (χ3v) is 7.39. The number of amides is 1. The molecule has 0 saturated heterocycles. The van der Waals surface area contributed by atoms with Crippen molar-refractivity contribution in [1.29, 1.82) is 0 Å². The minimum Gasteiger partial charge on any atom is -0.468 e. The second kappa shape index (κ2) is 12.2. The smallest absolute Gasteiger partial charge is 0.422 e. The lowest BCUT2D eigenvalue weighted by Gasteiger charge is -2.33. The van der Waals surface area contributed by atoms with E-state index in [-0.39, 0.29) is 18.2 Å². The van der Waals surface area contributed by atoms with Crippen molar-refractivity contribution in [3.05, 3.63) is 40.9 Å². The van der Waals surface area contributed by atoms with E-state index in [1.165, 1.54) is 6.07 Å². The van der Waals surface area contributed by atoms with E-state index in [1.54, 1.807) is 6.07 Å². The van der Waals surface area contributed by atoms with Gasteiger partial charge in [-0.15, -0.1) is 0 Å². The molecule has 7 nitrogen and oxygen atoms in total. The number of halogens is 3. The number of hydrogen-bond donors (Lipinski definition) is 0. The molecule has 1 saturated carbocycles. The normalized spacial score (nSPS) is 22.0. The molecule has 1 unspecified atom stereocenters. The summed E-state index contributed by atoms with van der Waals surface area (Å²) in [6, 6.07) is 5.14. The van der Waals surface area contributed by atoms with Gasteiger partial charge in [-0.05, 0) is 62.3 Å². The van der Waals surface area contributed by atoms with Gasteiger partial charge < -0.3 is 14.2 Å². The highest BCUT2D eigenvalue weighted by atomic mass is 19.4. The third-order valence-electron chi connectivity index (χ3n) is 7.39. The Morgan fingerprint density at radius 2 is 2.00 bits per heavy atom. The summed E-state index contributed by atoms with van der Waals surface area (Å²) in [5.41, 5.74) is 2.68. The largest absolute Gasteiger partial charge is 0.468 e. The van der Waals surface area contributed by atoms with Gasteiger partial charge >= 0.3 is 6.18 Å². The number of rotatable bonds is 8. The van der Waals surface area contributed by atoms with Gasteiger partial charge in [0.05, 0.1) is 12.1 Å². The molecule has 2 aromatic heterocycles. The molecule has 1 aliphatic carbocycles. The highest BCUT2D eigenvalue weighted by Crippen LogP contribution is 2.33. The summed E-state index contributed by atoms with van der Waals surface area (Å²) in [6.07, 6.45) is 3.41. The fourth-order valence-corrected chi connectivity index (χ4v) is 5.33. The zero-order valence-electron chi connectivity index (χ0n) is 21.5. The molecule has 0 radical (unpaired) electrons. The molecule has 2 aromatic rings. The van der Waals surface area contributed by atoms with Crippen LogP contribution < -0.4 is 4.74 Å². The van der Waals surface area contributed by atoms with Crippen molar-refractivity contribution in [3.8, 4) is 5.88 Å². The van der Waals surface area contributed by atoms with Gasteiger partial charge in [-0.25, -0.2) is 9.98 Å². The van der Waals surface area contributed by atoms with E-state index in [0.717, 1.165) is 68.7 Å². The number of carbonyl (C=O) groups is 1. The molecular formula is C27H35F3N4O3. The van der Waals surface area contributed by atoms with E-state index in [9.17, 15) is 18.0 Å². The topological polar surface area (TPSA) is 80.8 Å². The predicted molar refractivity (Wildman–Crippen MR) is 133 cm³/mol. The van der Waals surface area contributed by atoms with Crippen molar-refractivity contribution < 1.29 is 27.2 Å². The number of aryl methyl sites for hydroxylation is 1. The predicted octanol–water partition coefficient (Wildman–Crippen LogP) is 5.00. The molecule has 202 valence electrons. The molecule has 37 heavy (non-hydrogen) atoms. The first-order chi connectivity index (χ1) is 17.6. The molecule has 1 atom stereocenters. The van der Waals surface area contributed by atoms with Crippen molar-refractivity contribution in [1.82, 2.24) is 15.0 Å². The highest BCUT2D eigenvalue weighted by molar-refractivity contribution is 5.86. The van der Waals surface area contributed by atoms with Crippen LogP contribution in [0, 0.1) is 24.7 Å². The summed E-state index contributed by atoms with van der Waals surface area (Å²) in [5, 5.41) is 3.79. The number of fused-ring (bicyclic) bond motifs is 1. The Balaban J connectivity index is 1.20. The number of pyridine rings is 1. The van der Waals surface area contributed by atoms with E-state index in [2.05, 4.69) is 27.0 Å². The SMILES string of the molecule is Cc1cc(CC(=O)N=CC2CCC(C(C)CN3CCc4ccc(OCC(F)(F)F)nc4CC3)CC2)on1. The molecule has 0 spiro atoms. The molecule has 0 N–H and O–H groups in total. The number of hydrogen-bond acceptors (Lipinski definition) is 6. The minimum atomic E-state index is -4.37. The van der Waals surface area contributed by atoms with E-state index in [0.29, 0.717) is 29.9 Å². The standard InChI is InChI=1S/C27H35F3N4O3/c1-18(21-5-3-20(4-6-21)15-31-25(35)14-23-13-19(2)33-37-23)16-34-11-9-22-7-8-26(32-24(22)10-12-34)36-17-27(28,29)30/h7-8,13,15,18,20-21H,3-6,9-12,14,16-17H2,1-2H3. The minimum absolute atomic E-state index is 0.0352. The van der Waals surface area contributed by atoms with E-state index < -0.39 is 12.8 Å². The monoisotopic (exact) mass is 520 g/mol. The van der Waals surface area contributed by atoms with Crippen LogP contribution >= 0.6 is 0 Å². The summed E-state index contributed by atoms with van der Waals surface area (Å²) in [6.45, 7) is 5.54. The maximum atomic E-state index is 12.5. The third kappa shape index (κ3) is 8.38. The van der Waals surface area contributed by atoms with Crippen molar-refractivity contribution in [2.45, 2.75) is 65.0 Å². The summed E-state index contributed by atoms with van der Waals surface area (Å²) in [7, 11) is 0. The summed E-state index contributed by atoms with van der Waals surface area (Å²) >= 11 is 0. The zero-order valence-corrected chi connectivity index (χ0v) is 21.5. The molecule has 1 aliphatic heterocycles. The molecule has 2 aliphatic rings. The van der Waals surface area contributed by atoms with Crippen molar-refractivity contribution in [3.63, 3.8) is 0 Å². The number of ether oxygens (including phenoxy) is 1. The number of aromatic nitrogens is 2. The zero-order chi connectivity index (χ0) is 26.4. The van der Waals surface area contributed by atoms with Crippen LogP contribution in [0.25, 0.3) is 0 Å². The lowest BCUT2D eigenvalue weighted by atomic mass is 9.76. The van der Waals surface area contributed by atoms with Crippen LogP contribution in [0.15, 0.2) is 27.7 Å². The molecule has 1 fully saturated rings. The summed E-state index contributed by atoms with van der Waals surface area (Å²) < 4.78 is 47.3. The van der Waals surface area contributed by atoms with Gasteiger partial charge in [0.1, 0.15) is 5.76 Å². The number of alkyl halides is 3. The van der Waals surface area contributed by atoms with Crippen LogP contribution in [-0.4, -0.2) is 59.6 Å². The molecule has 4 rings (SSSR count). The Labute approximate surface area is 215 Å². The van der Waals surface area contributed by atoms with Gasteiger partial charge in [-0.1, -0.05) is 18.1 Å². The average molecular weight is 521 g/mol. The Morgan fingerprint density at radius 3 is 2.70 bits per heavy atom. The fourth-order valence-electron chi connectivity index (χ4n) is 5.33. The Kier molecular flexibility index (Phi) is 9.00. The van der Waals surface area contributed by atoms with Crippen LogP contribution in [0.5, 0.6) is 5.88 Å². The maximum Gasteiger partial charge on any atom is 0.422 e. The molecule has 0 bridgehead atoms. The summed E-state index contributed by atoms with van der Waals surface area (Å²) in [4.78, 5) is 23.0. The van der Waals surface area contributed by atoms with E-state index in [4.69, 9.17) is 9.26 Å².